The Kier molecular flexibility index (Phi) is 3.04. The normalized spacial score (nSPS) is 11.3. The summed E-state index contributed by atoms with van der Waals surface area (Å²) in [4.78, 5) is 12.9. The molecule has 22 heavy (non-hydrogen) atoms. The number of furan rings is 2. The first-order chi connectivity index (χ1) is 10.8. The Morgan fingerprint density at radius 2 is 1.95 bits per heavy atom. The number of anilines is 1. The molecule has 0 aromatic carbocycles. The highest BCUT2D eigenvalue weighted by atomic mass is 32.2. The highest BCUT2D eigenvalue weighted by molar-refractivity contribution is 7.98. The van der Waals surface area contributed by atoms with Crippen LogP contribution in [0.15, 0.2) is 50.8 Å². The Balaban J connectivity index is 1.66. The van der Waals surface area contributed by atoms with Crippen LogP contribution in [0.3, 0.4) is 0 Å². The number of aromatic nitrogens is 5. The van der Waals surface area contributed by atoms with E-state index in [0.717, 1.165) is 5.76 Å². The predicted octanol–water partition coefficient (Wildman–Crippen LogP) is 2.25. The molecule has 9 heteroatoms. The quantitative estimate of drug-likeness (QED) is 0.571. The summed E-state index contributed by atoms with van der Waals surface area (Å²) >= 11 is 1.41. The van der Waals surface area contributed by atoms with Gasteiger partial charge >= 0.3 is 0 Å². The molecule has 110 valence electrons. The molecular formula is C13H10N6O2S. The van der Waals surface area contributed by atoms with Gasteiger partial charge in [0.25, 0.3) is 5.78 Å². The van der Waals surface area contributed by atoms with Crippen LogP contribution in [0, 0.1) is 0 Å². The molecule has 0 saturated heterocycles. The van der Waals surface area contributed by atoms with Crippen molar-refractivity contribution in [2.45, 2.75) is 10.9 Å². The third-order valence-electron chi connectivity index (χ3n) is 2.88. The van der Waals surface area contributed by atoms with E-state index in [4.69, 9.17) is 14.6 Å². The molecule has 0 aliphatic heterocycles. The van der Waals surface area contributed by atoms with Crippen molar-refractivity contribution in [3.8, 4) is 11.6 Å². The molecule has 0 aliphatic rings. The maximum Gasteiger partial charge on any atom is 0.258 e. The van der Waals surface area contributed by atoms with Gasteiger partial charge in [-0.1, -0.05) is 11.8 Å². The molecule has 4 heterocycles. The lowest BCUT2D eigenvalue weighted by Crippen LogP contribution is -2.05. The lowest BCUT2D eigenvalue weighted by molar-refractivity contribution is 0.530. The molecule has 2 N–H and O–H groups in total. The topological polar surface area (TPSA) is 108 Å². The number of thioether (sulfide) groups is 1. The largest absolute Gasteiger partial charge is 0.468 e. The van der Waals surface area contributed by atoms with Gasteiger partial charge in [0.2, 0.25) is 11.8 Å². The first kappa shape index (κ1) is 12.9. The fourth-order valence-electron chi connectivity index (χ4n) is 1.89. The molecule has 4 rings (SSSR count). The third-order valence-corrected chi connectivity index (χ3v) is 3.75. The van der Waals surface area contributed by atoms with Gasteiger partial charge in [-0.05, 0) is 24.3 Å². The maximum atomic E-state index is 5.91. The summed E-state index contributed by atoms with van der Waals surface area (Å²) in [6.07, 6.45) is 3.18. The van der Waals surface area contributed by atoms with E-state index < -0.39 is 0 Å². The SMILES string of the molecule is Nc1nc(SCc2ccco2)nc2nc(-c3ccco3)nn12. The van der Waals surface area contributed by atoms with Crippen molar-refractivity contribution in [1.29, 1.82) is 0 Å². The van der Waals surface area contributed by atoms with Crippen molar-refractivity contribution < 1.29 is 8.83 Å². The van der Waals surface area contributed by atoms with Gasteiger partial charge < -0.3 is 14.6 Å². The molecule has 0 amide bonds. The van der Waals surface area contributed by atoms with E-state index in [0.29, 0.717) is 28.3 Å². The molecule has 0 unspecified atom stereocenters. The first-order valence-corrected chi connectivity index (χ1v) is 7.37. The van der Waals surface area contributed by atoms with Gasteiger partial charge in [0.1, 0.15) is 5.76 Å². The maximum absolute atomic E-state index is 5.91. The predicted molar refractivity (Wildman–Crippen MR) is 79.0 cm³/mol. The van der Waals surface area contributed by atoms with Crippen LogP contribution in [0.5, 0.6) is 0 Å². The summed E-state index contributed by atoms with van der Waals surface area (Å²) in [5, 5.41) is 4.75. The van der Waals surface area contributed by atoms with Crippen LogP contribution in [0.25, 0.3) is 17.4 Å². The van der Waals surface area contributed by atoms with E-state index in [1.165, 1.54) is 16.3 Å². The zero-order valence-electron chi connectivity index (χ0n) is 11.2. The molecule has 0 bridgehead atoms. The van der Waals surface area contributed by atoms with Crippen LogP contribution in [0.1, 0.15) is 5.76 Å². The monoisotopic (exact) mass is 314 g/mol. The van der Waals surface area contributed by atoms with Gasteiger partial charge in [0.05, 0.1) is 18.3 Å². The van der Waals surface area contributed by atoms with Gasteiger partial charge in [-0.3, -0.25) is 0 Å². The van der Waals surface area contributed by atoms with Crippen molar-refractivity contribution in [3.63, 3.8) is 0 Å². The van der Waals surface area contributed by atoms with Crippen LogP contribution in [0.4, 0.5) is 5.95 Å². The molecular weight excluding hydrogens is 304 g/mol. The van der Waals surface area contributed by atoms with Crippen LogP contribution < -0.4 is 5.73 Å². The van der Waals surface area contributed by atoms with E-state index in [2.05, 4.69) is 20.1 Å². The van der Waals surface area contributed by atoms with Crippen LogP contribution >= 0.6 is 11.8 Å². The average molecular weight is 314 g/mol. The second-order valence-electron chi connectivity index (χ2n) is 4.36. The van der Waals surface area contributed by atoms with Crippen LogP contribution in [-0.4, -0.2) is 24.6 Å². The van der Waals surface area contributed by atoms with Crippen molar-refractivity contribution in [1.82, 2.24) is 24.6 Å². The summed E-state index contributed by atoms with van der Waals surface area (Å²) in [5.41, 5.74) is 5.91. The number of nitrogen functional groups attached to an aromatic ring is 1. The number of rotatable bonds is 4. The lowest BCUT2D eigenvalue weighted by atomic mass is 10.4. The second-order valence-corrected chi connectivity index (χ2v) is 5.30. The number of hydrogen-bond donors (Lipinski definition) is 1. The Morgan fingerprint density at radius 3 is 2.73 bits per heavy atom. The highest BCUT2D eigenvalue weighted by Gasteiger charge is 2.14. The zero-order valence-corrected chi connectivity index (χ0v) is 12.0. The molecule has 0 saturated carbocycles. The highest BCUT2D eigenvalue weighted by Crippen LogP contribution is 2.22. The van der Waals surface area contributed by atoms with Crippen molar-refractivity contribution in [2.24, 2.45) is 0 Å². The summed E-state index contributed by atoms with van der Waals surface area (Å²) in [7, 11) is 0. The van der Waals surface area contributed by atoms with E-state index in [1.54, 1.807) is 24.7 Å². The van der Waals surface area contributed by atoms with E-state index >= 15 is 0 Å². The van der Waals surface area contributed by atoms with Gasteiger partial charge in [-0.2, -0.15) is 19.5 Å². The minimum Gasteiger partial charge on any atom is -0.468 e. The minimum atomic E-state index is 0.220. The van der Waals surface area contributed by atoms with Crippen molar-refractivity contribution in [2.75, 3.05) is 5.73 Å². The molecule has 0 spiro atoms. The third kappa shape index (κ3) is 2.31. The van der Waals surface area contributed by atoms with E-state index in [9.17, 15) is 0 Å². The van der Waals surface area contributed by atoms with Gasteiger partial charge in [-0.25, -0.2) is 0 Å². The summed E-state index contributed by atoms with van der Waals surface area (Å²) in [6.45, 7) is 0. The van der Waals surface area contributed by atoms with Gasteiger partial charge in [-0.15, -0.1) is 5.10 Å². The zero-order chi connectivity index (χ0) is 14.9. The van der Waals surface area contributed by atoms with E-state index in [1.807, 2.05) is 12.1 Å². The average Bonchev–Trinajstić information content (AvgIpc) is 3.25. The van der Waals surface area contributed by atoms with Gasteiger partial charge in [0.15, 0.2) is 10.9 Å². The first-order valence-electron chi connectivity index (χ1n) is 6.39. The molecule has 0 aliphatic carbocycles. The fourth-order valence-corrected chi connectivity index (χ4v) is 2.63. The van der Waals surface area contributed by atoms with Crippen molar-refractivity contribution >= 4 is 23.5 Å². The molecule has 4 aromatic rings. The molecule has 0 atom stereocenters. The second kappa shape index (κ2) is 5.19. The molecule has 0 radical (unpaired) electrons. The molecule has 4 aromatic heterocycles. The summed E-state index contributed by atoms with van der Waals surface area (Å²) in [5.74, 6) is 3.01. The fraction of sp³-hybridized carbons (Fsp3) is 0.0769. The number of nitrogens with two attached hydrogens (primary N) is 1. The summed E-state index contributed by atoms with van der Waals surface area (Å²) in [6, 6.07) is 7.26. The number of hydrogen-bond acceptors (Lipinski definition) is 8. The Morgan fingerprint density at radius 1 is 1.09 bits per heavy atom. The Bertz CT molecular complexity index is 900. The molecule has 0 fully saturated rings. The smallest absolute Gasteiger partial charge is 0.258 e. The lowest BCUT2D eigenvalue weighted by Gasteiger charge is -2.00. The van der Waals surface area contributed by atoms with Gasteiger partial charge in [0, 0.05) is 0 Å². The number of fused-ring (bicyclic) bond motifs is 1. The minimum absolute atomic E-state index is 0.220. The Hall–Kier alpha value is -2.81. The van der Waals surface area contributed by atoms with Crippen LogP contribution in [0.2, 0.25) is 0 Å². The molecule has 8 nitrogen and oxygen atoms in total. The Labute approximate surface area is 128 Å². The van der Waals surface area contributed by atoms with Crippen molar-refractivity contribution in [3.05, 3.63) is 42.6 Å². The van der Waals surface area contributed by atoms with Crippen LogP contribution in [-0.2, 0) is 5.75 Å². The standard InChI is InChI=1S/C13H10N6O2S/c14-11-16-13(22-7-8-3-1-5-20-8)17-12-15-10(18-19(11)12)9-4-2-6-21-9/h1-6H,7H2,(H2,14,15,16,17,18). The summed E-state index contributed by atoms with van der Waals surface area (Å²) < 4.78 is 11.9. The van der Waals surface area contributed by atoms with E-state index in [-0.39, 0.29) is 5.95 Å². The number of nitrogens with zero attached hydrogens (tertiary/aromatic N) is 5.